The first-order chi connectivity index (χ1) is 8.97. The van der Waals surface area contributed by atoms with E-state index in [1.54, 1.807) is 4.90 Å². The van der Waals surface area contributed by atoms with E-state index in [1.807, 2.05) is 0 Å². The number of rotatable bonds is 3. The van der Waals surface area contributed by atoms with Crippen LogP contribution in [0.5, 0.6) is 0 Å². The predicted octanol–water partition coefficient (Wildman–Crippen LogP) is 2.06. The van der Waals surface area contributed by atoms with Crippen molar-refractivity contribution in [2.24, 2.45) is 0 Å². The van der Waals surface area contributed by atoms with Crippen LogP contribution in [0.25, 0.3) is 0 Å². The summed E-state index contributed by atoms with van der Waals surface area (Å²) in [4.78, 5) is 12.7. The Hall–Kier alpha value is -1.49. The van der Waals surface area contributed by atoms with Crippen molar-refractivity contribution in [3.8, 4) is 0 Å². The number of benzene rings is 1. The van der Waals surface area contributed by atoms with E-state index in [9.17, 15) is 18.7 Å². The first kappa shape index (κ1) is 13.9. The summed E-state index contributed by atoms with van der Waals surface area (Å²) in [7, 11) is 0. The van der Waals surface area contributed by atoms with Gasteiger partial charge < -0.3 is 10.0 Å². The van der Waals surface area contributed by atoms with Gasteiger partial charge in [-0.3, -0.25) is 4.79 Å². The van der Waals surface area contributed by atoms with E-state index in [1.165, 1.54) is 19.1 Å². The van der Waals surface area contributed by atoms with Crippen LogP contribution < -0.4 is 4.90 Å². The molecule has 1 atom stereocenters. The molecule has 0 amide bonds. The van der Waals surface area contributed by atoms with E-state index in [2.05, 4.69) is 0 Å². The number of halogens is 2. The third-order valence-electron chi connectivity index (χ3n) is 3.31. The minimum atomic E-state index is -0.703. The van der Waals surface area contributed by atoms with Crippen molar-refractivity contribution in [1.82, 2.24) is 0 Å². The molecule has 5 heteroatoms. The molecule has 1 aromatic carbocycles. The van der Waals surface area contributed by atoms with Crippen LogP contribution in [0, 0.1) is 11.6 Å². The number of ketones is 1. The van der Waals surface area contributed by atoms with E-state index in [0.717, 1.165) is 6.42 Å². The summed E-state index contributed by atoms with van der Waals surface area (Å²) >= 11 is 0. The van der Waals surface area contributed by atoms with Crippen LogP contribution in [0.4, 0.5) is 14.5 Å². The van der Waals surface area contributed by atoms with Crippen LogP contribution >= 0.6 is 0 Å². The highest BCUT2D eigenvalue weighted by atomic mass is 19.1. The molecule has 0 aliphatic carbocycles. The zero-order chi connectivity index (χ0) is 14.0. The fourth-order valence-corrected chi connectivity index (χ4v) is 2.38. The number of anilines is 1. The lowest BCUT2D eigenvalue weighted by atomic mass is 10.0. The van der Waals surface area contributed by atoms with E-state index in [4.69, 9.17) is 0 Å². The summed E-state index contributed by atoms with van der Waals surface area (Å²) in [5, 5.41) is 9.58. The topological polar surface area (TPSA) is 40.5 Å². The van der Waals surface area contributed by atoms with Crippen molar-refractivity contribution >= 4 is 11.5 Å². The van der Waals surface area contributed by atoms with Gasteiger partial charge in [0, 0.05) is 30.8 Å². The summed E-state index contributed by atoms with van der Waals surface area (Å²) in [5.41, 5.74) is 0.231. The number of carbonyl (C=O) groups is 1. The fourth-order valence-electron chi connectivity index (χ4n) is 2.38. The monoisotopic (exact) mass is 269 g/mol. The minimum absolute atomic E-state index is 0.186. The Bertz CT molecular complexity index is 467. The van der Waals surface area contributed by atoms with Gasteiger partial charge in [0.15, 0.2) is 0 Å². The third kappa shape index (κ3) is 3.29. The molecule has 1 aliphatic heterocycles. The molecule has 2 rings (SSSR count). The van der Waals surface area contributed by atoms with Crippen molar-refractivity contribution in [1.29, 1.82) is 0 Å². The van der Waals surface area contributed by atoms with Gasteiger partial charge in [0.1, 0.15) is 17.4 Å². The first-order valence-corrected chi connectivity index (χ1v) is 6.37. The highest BCUT2D eigenvalue weighted by Crippen LogP contribution is 2.25. The van der Waals surface area contributed by atoms with Crippen LogP contribution in [0.1, 0.15) is 25.3 Å². The number of nitrogens with zero attached hydrogens (tertiary/aromatic N) is 1. The Labute approximate surface area is 110 Å². The average Bonchev–Trinajstić information content (AvgIpc) is 2.33. The third-order valence-corrected chi connectivity index (χ3v) is 3.31. The number of aliphatic hydroxyl groups is 1. The van der Waals surface area contributed by atoms with Gasteiger partial charge in [0.05, 0.1) is 6.10 Å². The van der Waals surface area contributed by atoms with Crippen molar-refractivity contribution in [2.75, 3.05) is 18.0 Å². The second kappa shape index (κ2) is 5.65. The SMILES string of the molecule is CC(=O)Cc1c(F)cc(N2CCCC(O)C2)cc1F. The zero-order valence-corrected chi connectivity index (χ0v) is 10.8. The molecule has 104 valence electrons. The maximum atomic E-state index is 13.8. The van der Waals surface area contributed by atoms with E-state index in [-0.39, 0.29) is 17.8 Å². The summed E-state index contributed by atoms with van der Waals surface area (Å²) in [6.07, 6.45) is 0.807. The van der Waals surface area contributed by atoms with Gasteiger partial charge in [0.2, 0.25) is 0 Å². The standard InChI is InChI=1S/C14H17F2NO2/c1-9(18)5-12-13(15)6-10(7-14(12)16)17-4-2-3-11(19)8-17/h6-7,11,19H,2-5,8H2,1H3. The Kier molecular flexibility index (Phi) is 4.14. The number of aliphatic hydroxyl groups excluding tert-OH is 1. The number of piperidine rings is 1. The van der Waals surface area contributed by atoms with Gasteiger partial charge in [-0.25, -0.2) is 8.78 Å². The van der Waals surface area contributed by atoms with Crippen LogP contribution in [-0.4, -0.2) is 30.1 Å². The molecule has 1 N–H and O–H groups in total. The van der Waals surface area contributed by atoms with Crippen molar-refractivity contribution in [3.63, 3.8) is 0 Å². The van der Waals surface area contributed by atoms with Crippen molar-refractivity contribution in [2.45, 2.75) is 32.3 Å². The smallest absolute Gasteiger partial charge is 0.134 e. The molecule has 19 heavy (non-hydrogen) atoms. The van der Waals surface area contributed by atoms with Crippen LogP contribution in [0.3, 0.4) is 0 Å². The number of hydrogen-bond acceptors (Lipinski definition) is 3. The fraction of sp³-hybridized carbons (Fsp3) is 0.500. The second-order valence-electron chi connectivity index (χ2n) is 5.01. The zero-order valence-electron chi connectivity index (χ0n) is 10.8. The summed E-state index contributed by atoms with van der Waals surface area (Å²) in [6.45, 7) is 2.35. The Balaban J connectivity index is 2.26. The predicted molar refractivity (Wildman–Crippen MR) is 68.2 cm³/mol. The van der Waals surface area contributed by atoms with Crippen LogP contribution in [0.15, 0.2) is 12.1 Å². The number of β-amino-alcohol motifs (C(OH)–C–C–N with tert-alkyl or cyclic N) is 1. The Morgan fingerprint density at radius 1 is 1.42 bits per heavy atom. The van der Waals surface area contributed by atoms with Gasteiger partial charge in [-0.1, -0.05) is 0 Å². The number of carbonyl (C=O) groups excluding carboxylic acids is 1. The highest BCUT2D eigenvalue weighted by molar-refractivity contribution is 5.78. The first-order valence-electron chi connectivity index (χ1n) is 6.37. The van der Waals surface area contributed by atoms with Crippen LogP contribution in [0.2, 0.25) is 0 Å². The molecular formula is C14H17F2NO2. The van der Waals surface area contributed by atoms with Gasteiger partial charge in [-0.05, 0) is 31.9 Å². The number of hydrogen-bond donors (Lipinski definition) is 1. The minimum Gasteiger partial charge on any atom is -0.391 e. The molecule has 1 saturated heterocycles. The van der Waals surface area contributed by atoms with Gasteiger partial charge in [-0.2, -0.15) is 0 Å². The lowest BCUT2D eigenvalue weighted by Gasteiger charge is -2.32. The van der Waals surface area contributed by atoms with E-state index < -0.39 is 17.7 Å². The largest absolute Gasteiger partial charge is 0.391 e. The highest BCUT2D eigenvalue weighted by Gasteiger charge is 2.21. The molecule has 1 unspecified atom stereocenters. The molecule has 0 saturated carbocycles. The van der Waals surface area contributed by atoms with Gasteiger partial charge >= 0.3 is 0 Å². The lowest BCUT2D eigenvalue weighted by molar-refractivity contribution is -0.116. The molecule has 0 bridgehead atoms. The second-order valence-corrected chi connectivity index (χ2v) is 5.01. The molecule has 0 spiro atoms. The van der Waals surface area contributed by atoms with Crippen molar-refractivity contribution < 1.29 is 18.7 Å². The molecule has 1 aromatic rings. The van der Waals surface area contributed by atoms with Crippen LogP contribution in [-0.2, 0) is 11.2 Å². The Morgan fingerprint density at radius 2 is 2.05 bits per heavy atom. The molecule has 1 aliphatic rings. The molecule has 1 heterocycles. The number of Topliss-reactive ketones (excluding diaryl/α,β-unsaturated/α-hetero) is 1. The van der Waals surface area contributed by atoms with E-state index >= 15 is 0 Å². The molecule has 1 fully saturated rings. The summed E-state index contributed by atoms with van der Waals surface area (Å²) in [6, 6.07) is 2.47. The summed E-state index contributed by atoms with van der Waals surface area (Å²) in [5.74, 6) is -1.69. The van der Waals surface area contributed by atoms with E-state index in [0.29, 0.717) is 25.2 Å². The van der Waals surface area contributed by atoms with Crippen molar-refractivity contribution in [3.05, 3.63) is 29.3 Å². The van der Waals surface area contributed by atoms with Gasteiger partial charge in [-0.15, -0.1) is 0 Å². The molecular weight excluding hydrogens is 252 g/mol. The maximum Gasteiger partial charge on any atom is 0.134 e. The van der Waals surface area contributed by atoms with Gasteiger partial charge in [0.25, 0.3) is 0 Å². The average molecular weight is 269 g/mol. The molecule has 0 aromatic heterocycles. The Morgan fingerprint density at radius 3 is 2.58 bits per heavy atom. The summed E-state index contributed by atoms with van der Waals surface area (Å²) < 4.78 is 27.7. The normalized spacial score (nSPS) is 19.6. The quantitative estimate of drug-likeness (QED) is 0.913. The molecule has 0 radical (unpaired) electrons. The molecule has 3 nitrogen and oxygen atoms in total. The maximum absolute atomic E-state index is 13.8. The lowest BCUT2D eigenvalue weighted by Crippen LogP contribution is -2.38.